The number of pyridine rings is 2. The minimum atomic E-state index is 0.478. The zero-order valence-electron chi connectivity index (χ0n) is 27.3. The van der Waals surface area contributed by atoms with Crippen molar-refractivity contribution in [1.29, 1.82) is 5.26 Å². The van der Waals surface area contributed by atoms with Crippen LogP contribution in [0.2, 0.25) is 0 Å². The quantitative estimate of drug-likeness (QED) is 0.270. The molecule has 4 aromatic heterocycles. The highest BCUT2D eigenvalue weighted by atomic mass is 16.5. The Morgan fingerprint density at radius 1 is 1.00 bits per heavy atom. The van der Waals surface area contributed by atoms with Crippen LogP contribution in [-0.2, 0) is 6.54 Å². The molecule has 0 aromatic carbocycles. The number of nitrogens with zero attached hydrogens (tertiary/aromatic N) is 10. The predicted molar refractivity (Wildman–Crippen MR) is 177 cm³/mol. The summed E-state index contributed by atoms with van der Waals surface area (Å²) in [7, 11) is 3.88. The predicted octanol–water partition coefficient (Wildman–Crippen LogP) is 3.33. The maximum atomic E-state index is 9.82. The first-order valence-corrected chi connectivity index (χ1v) is 16.8. The smallest absolute Gasteiger partial charge is 0.212 e. The van der Waals surface area contributed by atoms with Gasteiger partial charge in [0, 0.05) is 62.6 Å². The number of likely N-dealkylation sites (tertiary alicyclic amines) is 2. The van der Waals surface area contributed by atoms with Crippen LogP contribution in [0.1, 0.15) is 36.8 Å². The van der Waals surface area contributed by atoms with Crippen LogP contribution < -0.4 is 14.4 Å². The molecule has 2 bridgehead atoms. The molecule has 5 saturated heterocycles. The molecule has 12 nitrogen and oxygen atoms in total. The van der Waals surface area contributed by atoms with Crippen molar-refractivity contribution in [2.24, 2.45) is 5.41 Å². The first kappa shape index (κ1) is 30.1. The number of piperazine rings is 1. The van der Waals surface area contributed by atoms with Crippen LogP contribution in [0.5, 0.6) is 11.6 Å². The van der Waals surface area contributed by atoms with E-state index < -0.39 is 0 Å². The fraction of sp³-hybridized carbons (Fsp3) is 0.514. The Bertz CT molecular complexity index is 1750. The summed E-state index contributed by atoms with van der Waals surface area (Å²) in [5.74, 6) is 2.22. The van der Waals surface area contributed by atoms with Gasteiger partial charge < -0.3 is 19.3 Å². The van der Waals surface area contributed by atoms with E-state index in [2.05, 4.69) is 48.9 Å². The van der Waals surface area contributed by atoms with Crippen molar-refractivity contribution in [2.45, 2.75) is 44.3 Å². The van der Waals surface area contributed by atoms with Gasteiger partial charge in [-0.1, -0.05) is 6.07 Å². The number of hydrogen-bond donors (Lipinski definition) is 0. The molecular formula is C35H42N10O2. The molecule has 0 radical (unpaired) electrons. The third kappa shape index (κ3) is 5.88. The van der Waals surface area contributed by atoms with Crippen LogP contribution in [-0.4, -0.2) is 118 Å². The van der Waals surface area contributed by atoms with E-state index in [1.54, 1.807) is 17.8 Å². The van der Waals surface area contributed by atoms with E-state index in [4.69, 9.17) is 19.4 Å². The number of fused-ring (bicyclic) bond motifs is 3. The third-order valence-electron chi connectivity index (χ3n) is 10.9. The average molecular weight is 635 g/mol. The molecule has 1 spiro atoms. The number of hydrogen-bond acceptors (Lipinski definition) is 11. The molecule has 9 rings (SSSR count). The average Bonchev–Trinajstić information content (AvgIpc) is 3.70. The summed E-state index contributed by atoms with van der Waals surface area (Å²) in [6, 6.07) is 9.23. The van der Waals surface area contributed by atoms with Crippen molar-refractivity contribution in [3.05, 3.63) is 60.3 Å². The van der Waals surface area contributed by atoms with E-state index >= 15 is 0 Å². The summed E-state index contributed by atoms with van der Waals surface area (Å²) < 4.78 is 13.2. The highest BCUT2D eigenvalue weighted by molar-refractivity contribution is 5.83. The molecule has 2 unspecified atom stereocenters. The normalized spacial score (nSPS) is 22.8. The van der Waals surface area contributed by atoms with Crippen LogP contribution >= 0.6 is 0 Å². The van der Waals surface area contributed by atoms with Crippen LogP contribution in [0, 0.1) is 16.7 Å². The van der Waals surface area contributed by atoms with Crippen molar-refractivity contribution >= 4 is 11.3 Å². The van der Waals surface area contributed by atoms with Gasteiger partial charge in [-0.3, -0.25) is 14.8 Å². The van der Waals surface area contributed by atoms with Gasteiger partial charge in [-0.2, -0.15) is 10.4 Å². The van der Waals surface area contributed by atoms with Crippen molar-refractivity contribution in [2.75, 3.05) is 71.5 Å². The lowest BCUT2D eigenvalue weighted by Crippen LogP contribution is -2.68. The van der Waals surface area contributed by atoms with Crippen LogP contribution in [0.15, 0.2) is 49.2 Å². The van der Waals surface area contributed by atoms with Gasteiger partial charge in [-0.25, -0.2) is 14.5 Å². The summed E-state index contributed by atoms with van der Waals surface area (Å²) in [5, 5.41) is 14.3. The number of rotatable bonds is 9. The minimum Gasteiger partial charge on any atom is -0.491 e. The zero-order valence-corrected chi connectivity index (χ0v) is 27.3. The second-order valence-corrected chi connectivity index (χ2v) is 13.8. The fourth-order valence-electron chi connectivity index (χ4n) is 8.16. The second-order valence-electron chi connectivity index (χ2n) is 13.8. The maximum Gasteiger partial charge on any atom is 0.212 e. The van der Waals surface area contributed by atoms with Gasteiger partial charge in [0.15, 0.2) is 0 Å². The number of nitriles is 1. The van der Waals surface area contributed by atoms with Crippen LogP contribution in [0.4, 0.5) is 5.82 Å². The molecule has 5 aliphatic rings. The van der Waals surface area contributed by atoms with Crippen molar-refractivity contribution in [3.8, 4) is 29.0 Å². The molecule has 0 amide bonds. The Morgan fingerprint density at radius 2 is 1.83 bits per heavy atom. The van der Waals surface area contributed by atoms with Crippen LogP contribution in [0.3, 0.4) is 0 Å². The first-order valence-electron chi connectivity index (χ1n) is 16.8. The van der Waals surface area contributed by atoms with Gasteiger partial charge in [0.25, 0.3) is 0 Å². The molecule has 0 saturated carbocycles. The summed E-state index contributed by atoms with van der Waals surface area (Å²) in [5.41, 5.74) is 4.42. The molecule has 4 aromatic rings. The number of methoxy groups -OCH3 is 1. The molecule has 9 heterocycles. The van der Waals surface area contributed by atoms with E-state index in [9.17, 15) is 5.26 Å². The van der Waals surface area contributed by atoms with E-state index in [1.165, 1.54) is 44.3 Å². The molecule has 0 aliphatic carbocycles. The maximum absolute atomic E-state index is 9.82. The van der Waals surface area contributed by atoms with Gasteiger partial charge in [-0.15, -0.1) is 0 Å². The fourth-order valence-corrected chi connectivity index (χ4v) is 8.16. The Labute approximate surface area is 275 Å². The van der Waals surface area contributed by atoms with Gasteiger partial charge in [0.1, 0.15) is 24.2 Å². The van der Waals surface area contributed by atoms with Gasteiger partial charge >= 0.3 is 0 Å². The standard InChI is InChI=1S/C35H42N10O2/c1-41-8-5-35(24-41)6-9-42(10-7-35)11-12-47-29-14-30(34-26(15-36)17-40-45(34)23-29)31-18-38-32(19-37-31)43-21-27-13-28(22-43)44(27)20-25-3-4-33(46-2)39-16-25/h3-4,14,16-19,23,27-28H,5-13,20-22,24H2,1-2H3. The number of piperidine rings is 2. The lowest BCUT2D eigenvalue weighted by molar-refractivity contribution is -0.00879. The molecule has 5 aliphatic heterocycles. The third-order valence-corrected chi connectivity index (χ3v) is 10.9. The van der Waals surface area contributed by atoms with Crippen molar-refractivity contribution in [1.82, 2.24) is 39.3 Å². The monoisotopic (exact) mass is 634 g/mol. The molecular weight excluding hydrogens is 592 g/mol. The SMILES string of the molecule is COc1ccc(CN2C3CC2CN(c2cnc(-c4cc(OCCN5CCC6(CCN(C)C6)CC5)cn5ncc(C#N)c45)cn2)C3)cn1. The van der Waals surface area contributed by atoms with Crippen molar-refractivity contribution < 1.29 is 9.47 Å². The van der Waals surface area contributed by atoms with Gasteiger partial charge in [0.2, 0.25) is 5.88 Å². The summed E-state index contributed by atoms with van der Waals surface area (Å²) in [4.78, 5) is 24.0. The van der Waals surface area contributed by atoms with Crippen LogP contribution in [0.25, 0.3) is 16.8 Å². The molecule has 244 valence electrons. The van der Waals surface area contributed by atoms with Gasteiger partial charge in [-0.05, 0) is 69.4 Å². The van der Waals surface area contributed by atoms with E-state index in [1.807, 2.05) is 36.9 Å². The minimum absolute atomic E-state index is 0.478. The molecule has 47 heavy (non-hydrogen) atoms. The Morgan fingerprint density at radius 3 is 2.51 bits per heavy atom. The topological polar surface area (TPSA) is 111 Å². The second kappa shape index (κ2) is 12.4. The number of ether oxygens (including phenoxy) is 2. The summed E-state index contributed by atoms with van der Waals surface area (Å²) in [6.45, 7) is 8.93. The van der Waals surface area contributed by atoms with E-state index in [0.29, 0.717) is 52.5 Å². The highest BCUT2D eigenvalue weighted by Gasteiger charge is 2.45. The Kier molecular flexibility index (Phi) is 7.91. The largest absolute Gasteiger partial charge is 0.491 e. The lowest BCUT2D eigenvalue weighted by Gasteiger charge is -2.56. The number of anilines is 1. The highest BCUT2D eigenvalue weighted by Crippen LogP contribution is 2.40. The lowest BCUT2D eigenvalue weighted by atomic mass is 9.78. The molecule has 12 heteroatoms. The molecule has 5 fully saturated rings. The molecule has 2 atom stereocenters. The molecule has 0 N–H and O–H groups in total. The summed E-state index contributed by atoms with van der Waals surface area (Å²) in [6.07, 6.45) is 14.1. The van der Waals surface area contributed by atoms with Crippen molar-refractivity contribution in [3.63, 3.8) is 0 Å². The Hall–Kier alpha value is -4.31. The Balaban J connectivity index is 0.922. The van der Waals surface area contributed by atoms with E-state index in [0.717, 1.165) is 50.6 Å². The van der Waals surface area contributed by atoms with Gasteiger partial charge in [0.05, 0.1) is 48.7 Å². The summed E-state index contributed by atoms with van der Waals surface area (Å²) >= 11 is 0. The van der Waals surface area contributed by atoms with E-state index in [-0.39, 0.29) is 0 Å². The zero-order chi connectivity index (χ0) is 32.0. The number of aromatic nitrogens is 5. The first-order chi connectivity index (χ1) is 23.0.